The molecule has 0 saturated heterocycles. The van der Waals surface area contributed by atoms with E-state index in [1.165, 1.54) is 4.88 Å². The van der Waals surface area contributed by atoms with Crippen LogP contribution in [0.2, 0.25) is 0 Å². The van der Waals surface area contributed by atoms with Gasteiger partial charge in [0, 0.05) is 30.0 Å². The van der Waals surface area contributed by atoms with Crippen LogP contribution >= 0.6 is 22.7 Å². The fourth-order valence-electron chi connectivity index (χ4n) is 1.57. The zero-order valence-electron chi connectivity index (χ0n) is 10.7. The number of anilines is 1. The van der Waals surface area contributed by atoms with E-state index in [1.54, 1.807) is 22.7 Å². The summed E-state index contributed by atoms with van der Waals surface area (Å²) in [4.78, 5) is 12.2. The maximum Gasteiger partial charge on any atom is 0.185 e. The maximum atomic E-state index is 4.46. The molecule has 2 rings (SSSR count). The van der Waals surface area contributed by atoms with Gasteiger partial charge in [0.05, 0.1) is 17.7 Å². The maximum absolute atomic E-state index is 4.46. The van der Waals surface area contributed by atoms with Crippen LogP contribution in [0, 0.1) is 0 Å². The van der Waals surface area contributed by atoms with Gasteiger partial charge in [0.2, 0.25) is 0 Å². The zero-order valence-corrected chi connectivity index (χ0v) is 12.4. The Hall–Kier alpha value is -0.980. The summed E-state index contributed by atoms with van der Waals surface area (Å²) in [5.74, 6) is 0. The molecule has 2 aromatic heterocycles. The van der Waals surface area contributed by atoms with Gasteiger partial charge in [0.1, 0.15) is 0 Å². The normalized spacial score (nSPS) is 10.8. The first-order chi connectivity index (χ1) is 8.79. The summed E-state index contributed by atoms with van der Waals surface area (Å²) < 4.78 is 0. The van der Waals surface area contributed by atoms with Crippen molar-refractivity contribution < 1.29 is 0 Å². The number of rotatable bonds is 7. The van der Waals surface area contributed by atoms with Crippen molar-refractivity contribution in [3.63, 3.8) is 0 Å². The summed E-state index contributed by atoms with van der Waals surface area (Å²) >= 11 is 3.37. The average Bonchev–Trinajstić information content (AvgIpc) is 3.00. The summed E-state index contributed by atoms with van der Waals surface area (Å²) in [5, 5.41) is 6.52. The summed E-state index contributed by atoms with van der Waals surface area (Å²) in [7, 11) is 2.06. The van der Waals surface area contributed by atoms with Crippen LogP contribution in [0.1, 0.15) is 23.9 Å². The molecule has 0 radical (unpaired) electrons. The second kappa shape index (κ2) is 6.82. The number of nitrogens with one attached hydrogen (secondary N) is 1. The Bertz CT molecular complexity index is 452. The van der Waals surface area contributed by atoms with Crippen LogP contribution in [0.15, 0.2) is 17.1 Å². The summed E-state index contributed by atoms with van der Waals surface area (Å²) in [6.45, 7) is 4.96. The minimum atomic E-state index is 0.818. The molecule has 0 aliphatic carbocycles. The number of nitrogens with zero attached hydrogens (tertiary/aromatic N) is 3. The predicted octanol–water partition coefficient (Wildman–Crippen LogP) is 2.74. The van der Waals surface area contributed by atoms with Crippen LogP contribution in [-0.2, 0) is 13.1 Å². The molecule has 0 atom stereocenters. The molecule has 2 heterocycles. The third kappa shape index (κ3) is 3.76. The number of hydrogen-bond donors (Lipinski definition) is 1. The molecule has 0 aliphatic rings. The summed E-state index contributed by atoms with van der Waals surface area (Å²) in [6, 6.07) is 0. The highest BCUT2D eigenvalue weighted by Gasteiger charge is 2.08. The molecule has 0 fully saturated rings. The fraction of sp³-hybridized carbons (Fsp3) is 0.500. The second-order valence-corrected chi connectivity index (χ2v) is 5.93. The summed E-state index contributed by atoms with van der Waals surface area (Å²) in [6.07, 6.45) is 3.12. The largest absolute Gasteiger partial charge is 0.345 e. The molecule has 0 saturated carbocycles. The molecule has 2 aromatic rings. The van der Waals surface area contributed by atoms with Gasteiger partial charge in [-0.1, -0.05) is 6.92 Å². The smallest absolute Gasteiger partial charge is 0.185 e. The fourth-order valence-corrected chi connectivity index (χ4v) is 2.96. The van der Waals surface area contributed by atoms with E-state index in [9.17, 15) is 0 Å². The molecule has 0 amide bonds. The predicted molar refractivity (Wildman–Crippen MR) is 78.3 cm³/mol. The molecule has 0 bridgehead atoms. The van der Waals surface area contributed by atoms with Gasteiger partial charge < -0.3 is 10.2 Å². The van der Waals surface area contributed by atoms with Gasteiger partial charge in [-0.05, 0) is 13.0 Å². The van der Waals surface area contributed by atoms with Gasteiger partial charge in [-0.2, -0.15) is 0 Å². The molecule has 0 aliphatic heterocycles. The van der Waals surface area contributed by atoms with E-state index in [0.717, 1.165) is 36.9 Å². The van der Waals surface area contributed by atoms with Crippen molar-refractivity contribution >= 4 is 27.8 Å². The van der Waals surface area contributed by atoms with Crippen LogP contribution < -0.4 is 10.2 Å². The highest BCUT2D eigenvalue weighted by Crippen LogP contribution is 2.22. The molecule has 18 heavy (non-hydrogen) atoms. The van der Waals surface area contributed by atoms with Crippen molar-refractivity contribution in [2.45, 2.75) is 26.4 Å². The van der Waals surface area contributed by atoms with E-state index in [0.29, 0.717) is 0 Å². The van der Waals surface area contributed by atoms with Crippen molar-refractivity contribution in [2.24, 2.45) is 0 Å². The van der Waals surface area contributed by atoms with E-state index < -0.39 is 0 Å². The van der Waals surface area contributed by atoms with Crippen molar-refractivity contribution in [1.29, 1.82) is 0 Å². The molecule has 0 spiro atoms. The SMILES string of the molecule is CCCNCc1cnc(N(C)Cc2cscn2)s1. The van der Waals surface area contributed by atoms with Crippen LogP contribution in [0.4, 0.5) is 5.13 Å². The van der Waals surface area contributed by atoms with E-state index in [4.69, 9.17) is 0 Å². The highest BCUT2D eigenvalue weighted by atomic mass is 32.1. The molecule has 0 aromatic carbocycles. The Kier molecular flexibility index (Phi) is 5.10. The molecule has 1 N–H and O–H groups in total. The lowest BCUT2D eigenvalue weighted by Crippen LogP contribution is -2.16. The number of aromatic nitrogens is 2. The van der Waals surface area contributed by atoms with Crippen LogP contribution in [0.5, 0.6) is 0 Å². The zero-order chi connectivity index (χ0) is 12.8. The van der Waals surface area contributed by atoms with Gasteiger partial charge in [-0.3, -0.25) is 0 Å². The van der Waals surface area contributed by atoms with Gasteiger partial charge in [-0.25, -0.2) is 9.97 Å². The quantitative estimate of drug-likeness (QED) is 0.793. The second-order valence-electron chi connectivity index (χ2n) is 4.12. The van der Waals surface area contributed by atoms with Crippen molar-refractivity contribution in [1.82, 2.24) is 15.3 Å². The van der Waals surface area contributed by atoms with Gasteiger partial charge in [0.15, 0.2) is 5.13 Å². The Morgan fingerprint density at radius 3 is 3.00 bits per heavy atom. The van der Waals surface area contributed by atoms with Crippen LogP contribution in [0.25, 0.3) is 0 Å². The Morgan fingerprint density at radius 2 is 2.28 bits per heavy atom. The van der Waals surface area contributed by atoms with Gasteiger partial charge in [-0.15, -0.1) is 22.7 Å². The molecule has 4 nitrogen and oxygen atoms in total. The molecule has 98 valence electrons. The molecule has 6 heteroatoms. The van der Waals surface area contributed by atoms with Gasteiger partial charge >= 0.3 is 0 Å². The third-order valence-corrected chi connectivity index (χ3v) is 4.22. The highest BCUT2D eigenvalue weighted by molar-refractivity contribution is 7.15. The first-order valence-electron chi connectivity index (χ1n) is 6.03. The van der Waals surface area contributed by atoms with E-state index >= 15 is 0 Å². The Balaban J connectivity index is 1.88. The van der Waals surface area contributed by atoms with Crippen molar-refractivity contribution in [3.8, 4) is 0 Å². The standard InChI is InChI=1S/C12H18N4S2/c1-3-4-13-5-11-6-14-12(18-11)16(2)7-10-8-17-9-15-10/h6,8-9,13H,3-5,7H2,1-2H3. The lowest BCUT2D eigenvalue weighted by atomic mass is 10.4. The Labute approximate surface area is 116 Å². The summed E-state index contributed by atoms with van der Waals surface area (Å²) in [5.41, 5.74) is 2.97. The minimum absolute atomic E-state index is 0.818. The number of thiazole rings is 2. The lowest BCUT2D eigenvalue weighted by Gasteiger charge is -2.13. The topological polar surface area (TPSA) is 41.1 Å². The van der Waals surface area contributed by atoms with Crippen molar-refractivity contribution in [3.05, 3.63) is 27.7 Å². The monoisotopic (exact) mass is 282 g/mol. The van der Waals surface area contributed by atoms with Crippen LogP contribution in [-0.4, -0.2) is 23.6 Å². The Morgan fingerprint density at radius 1 is 1.39 bits per heavy atom. The first kappa shape index (κ1) is 13.5. The van der Waals surface area contributed by atoms with E-state index in [-0.39, 0.29) is 0 Å². The molecule has 0 unspecified atom stereocenters. The minimum Gasteiger partial charge on any atom is -0.345 e. The van der Waals surface area contributed by atoms with E-state index in [2.05, 4.69) is 39.5 Å². The van der Waals surface area contributed by atoms with Crippen molar-refractivity contribution in [2.75, 3.05) is 18.5 Å². The van der Waals surface area contributed by atoms with E-state index in [1.807, 2.05) is 11.7 Å². The molecular weight excluding hydrogens is 264 g/mol. The lowest BCUT2D eigenvalue weighted by molar-refractivity contribution is 0.681. The molecular formula is C12H18N4S2. The van der Waals surface area contributed by atoms with Crippen LogP contribution in [0.3, 0.4) is 0 Å². The average molecular weight is 282 g/mol. The number of hydrogen-bond acceptors (Lipinski definition) is 6. The van der Waals surface area contributed by atoms with Gasteiger partial charge in [0.25, 0.3) is 0 Å². The third-order valence-electron chi connectivity index (χ3n) is 2.48. The first-order valence-corrected chi connectivity index (χ1v) is 7.79.